The van der Waals surface area contributed by atoms with Crippen LogP contribution in [0.2, 0.25) is 0 Å². The minimum atomic E-state index is -5.53. The summed E-state index contributed by atoms with van der Waals surface area (Å²) in [5.41, 5.74) is -0.301. The molecule has 1 aromatic carbocycles. The van der Waals surface area contributed by atoms with Crippen LogP contribution >= 0.6 is 0 Å². The van der Waals surface area contributed by atoms with Crippen LogP contribution in [0.5, 0.6) is 0 Å². The average molecular weight is 321 g/mol. The lowest BCUT2D eigenvalue weighted by Crippen LogP contribution is -2.51. The summed E-state index contributed by atoms with van der Waals surface area (Å²) in [6.07, 6.45) is -11.9. The van der Waals surface area contributed by atoms with Gasteiger partial charge >= 0.3 is 12.4 Å². The summed E-state index contributed by atoms with van der Waals surface area (Å²) in [6, 6.07) is -0.233. The second kappa shape index (κ2) is 6.17. The Bertz CT molecular complexity index is 445. The third-order valence-corrected chi connectivity index (χ3v) is 2.86. The Morgan fingerprint density at radius 2 is 1.33 bits per heavy atom. The molecule has 0 saturated heterocycles. The van der Waals surface area contributed by atoms with Crippen molar-refractivity contribution in [1.82, 2.24) is 5.32 Å². The zero-order valence-corrected chi connectivity index (χ0v) is 10.6. The second-order valence-electron chi connectivity index (χ2n) is 4.44. The SMILES string of the molecule is CNC(Cc1cc(F)cc(F)c1)C(C(F)(F)F)C(F)(F)F. The van der Waals surface area contributed by atoms with Crippen LogP contribution in [0.25, 0.3) is 0 Å². The highest BCUT2D eigenvalue weighted by atomic mass is 19.4. The fourth-order valence-electron chi connectivity index (χ4n) is 2.01. The first-order valence-electron chi connectivity index (χ1n) is 5.71. The zero-order valence-electron chi connectivity index (χ0n) is 10.6. The molecule has 0 aromatic heterocycles. The Morgan fingerprint density at radius 1 is 0.905 bits per heavy atom. The van der Waals surface area contributed by atoms with Gasteiger partial charge in [-0.2, -0.15) is 26.3 Å². The van der Waals surface area contributed by atoms with E-state index in [1.165, 1.54) is 0 Å². The van der Waals surface area contributed by atoms with Crippen molar-refractivity contribution in [1.29, 1.82) is 0 Å². The topological polar surface area (TPSA) is 12.0 Å². The number of benzene rings is 1. The molecule has 1 nitrogen and oxygen atoms in total. The maximum absolute atomic E-state index is 12.9. The van der Waals surface area contributed by atoms with Gasteiger partial charge in [-0.25, -0.2) is 8.78 Å². The van der Waals surface area contributed by atoms with Gasteiger partial charge in [0.05, 0.1) is 0 Å². The molecule has 0 amide bonds. The molecule has 21 heavy (non-hydrogen) atoms. The molecule has 1 rings (SSSR count). The molecule has 1 unspecified atom stereocenters. The molecule has 0 radical (unpaired) electrons. The van der Waals surface area contributed by atoms with E-state index in [2.05, 4.69) is 0 Å². The molecule has 1 aromatic rings. The van der Waals surface area contributed by atoms with E-state index in [0.29, 0.717) is 18.2 Å². The van der Waals surface area contributed by atoms with Gasteiger partial charge in [0.15, 0.2) is 5.92 Å². The molecule has 0 aliphatic carbocycles. The molecule has 120 valence electrons. The summed E-state index contributed by atoms with van der Waals surface area (Å²) in [5, 5.41) is 1.92. The normalized spacial score (nSPS) is 14.6. The highest BCUT2D eigenvalue weighted by molar-refractivity contribution is 5.19. The van der Waals surface area contributed by atoms with Crippen molar-refractivity contribution in [3.63, 3.8) is 0 Å². The molecule has 1 N–H and O–H groups in total. The van der Waals surface area contributed by atoms with Gasteiger partial charge in [-0.3, -0.25) is 0 Å². The van der Waals surface area contributed by atoms with Gasteiger partial charge < -0.3 is 5.32 Å². The molecule has 0 saturated carbocycles. The highest BCUT2D eigenvalue weighted by Crippen LogP contribution is 2.42. The average Bonchev–Trinajstić information content (AvgIpc) is 2.22. The molecule has 0 aliphatic heterocycles. The Kier molecular flexibility index (Phi) is 5.19. The quantitative estimate of drug-likeness (QED) is 0.831. The van der Waals surface area contributed by atoms with Crippen LogP contribution in [0.15, 0.2) is 18.2 Å². The molecule has 0 aliphatic rings. The zero-order chi connectivity index (χ0) is 16.4. The molecule has 0 fully saturated rings. The summed E-state index contributed by atoms with van der Waals surface area (Å²) >= 11 is 0. The fourth-order valence-corrected chi connectivity index (χ4v) is 2.01. The molecule has 0 heterocycles. The lowest BCUT2D eigenvalue weighted by molar-refractivity contribution is -0.291. The minimum absolute atomic E-state index is 0.301. The summed E-state index contributed by atoms with van der Waals surface area (Å²) in [4.78, 5) is 0. The van der Waals surface area contributed by atoms with Crippen molar-refractivity contribution in [2.75, 3.05) is 7.05 Å². The maximum Gasteiger partial charge on any atom is 0.402 e. The highest BCUT2D eigenvalue weighted by Gasteiger charge is 2.59. The smallest absolute Gasteiger partial charge is 0.316 e. The first kappa shape index (κ1) is 17.7. The van der Waals surface area contributed by atoms with Gasteiger partial charge in [0, 0.05) is 12.1 Å². The number of likely N-dealkylation sites (N-methyl/N-ethyl adjacent to an activating group) is 1. The third kappa shape index (κ3) is 4.83. The Balaban J connectivity index is 3.10. The monoisotopic (exact) mass is 321 g/mol. The molecular weight excluding hydrogens is 310 g/mol. The number of halogens is 8. The van der Waals surface area contributed by atoms with Gasteiger partial charge in [-0.15, -0.1) is 0 Å². The maximum atomic E-state index is 12.9. The van der Waals surface area contributed by atoms with Crippen molar-refractivity contribution < 1.29 is 35.1 Å². The van der Waals surface area contributed by atoms with Crippen LogP contribution in [0.3, 0.4) is 0 Å². The second-order valence-corrected chi connectivity index (χ2v) is 4.44. The number of rotatable bonds is 4. The van der Waals surface area contributed by atoms with Gasteiger partial charge in [-0.1, -0.05) is 0 Å². The standard InChI is InChI=1S/C12H11F8N/c1-21-9(10(11(15,16)17)12(18,19)20)4-6-2-7(13)5-8(14)3-6/h2-3,5,9-10,21H,4H2,1H3. The minimum Gasteiger partial charge on any atom is -0.316 e. The van der Waals surface area contributed by atoms with Crippen LogP contribution in [0.4, 0.5) is 35.1 Å². The summed E-state index contributed by atoms with van der Waals surface area (Å²) in [6.45, 7) is 0. The van der Waals surface area contributed by atoms with Crippen molar-refractivity contribution in [3.8, 4) is 0 Å². The molecule has 0 spiro atoms. The molecular formula is C12H11F8N. The van der Waals surface area contributed by atoms with Gasteiger partial charge in [0.1, 0.15) is 11.6 Å². The predicted molar refractivity (Wildman–Crippen MR) is 58.5 cm³/mol. The van der Waals surface area contributed by atoms with Crippen molar-refractivity contribution in [3.05, 3.63) is 35.4 Å². The van der Waals surface area contributed by atoms with Crippen LogP contribution in [-0.2, 0) is 6.42 Å². The predicted octanol–water partition coefficient (Wildman–Crippen LogP) is 3.84. The van der Waals surface area contributed by atoms with Crippen LogP contribution in [-0.4, -0.2) is 25.4 Å². The van der Waals surface area contributed by atoms with E-state index in [9.17, 15) is 35.1 Å². The first-order chi connectivity index (χ1) is 9.45. The molecule has 1 atom stereocenters. The molecule has 0 bridgehead atoms. The van der Waals surface area contributed by atoms with E-state index >= 15 is 0 Å². The van der Waals surface area contributed by atoms with Crippen LogP contribution < -0.4 is 5.32 Å². The Hall–Kier alpha value is -1.38. The van der Waals surface area contributed by atoms with Gasteiger partial charge in [0.2, 0.25) is 0 Å². The Morgan fingerprint density at radius 3 is 1.67 bits per heavy atom. The van der Waals surface area contributed by atoms with E-state index in [4.69, 9.17) is 0 Å². The summed E-state index contributed by atoms with van der Waals surface area (Å²) in [7, 11) is 0.921. The third-order valence-electron chi connectivity index (χ3n) is 2.86. The summed E-state index contributed by atoms with van der Waals surface area (Å²) in [5.74, 6) is -5.79. The van der Waals surface area contributed by atoms with Gasteiger partial charge in [0.25, 0.3) is 0 Å². The Labute approximate surface area is 114 Å². The lowest BCUT2D eigenvalue weighted by atomic mass is 9.92. The van der Waals surface area contributed by atoms with E-state index in [0.717, 1.165) is 7.05 Å². The molecule has 9 heteroatoms. The lowest BCUT2D eigenvalue weighted by Gasteiger charge is -2.30. The number of hydrogen-bond donors (Lipinski definition) is 1. The summed E-state index contributed by atoms with van der Waals surface area (Å²) < 4.78 is 102. The van der Waals surface area contributed by atoms with Crippen LogP contribution in [0, 0.1) is 17.6 Å². The van der Waals surface area contributed by atoms with E-state index < -0.39 is 42.4 Å². The van der Waals surface area contributed by atoms with Crippen molar-refractivity contribution in [2.24, 2.45) is 5.92 Å². The first-order valence-corrected chi connectivity index (χ1v) is 5.71. The number of alkyl halides is 6. The van der Waals surface area contributed by atoms with Crippen molar-refractivity contribution >= 4 is 0 Å². The van der Waals surface area contributed by atoms with Crippen molar-refractivity contribution in [2.45, 2.75) is 24.8 Å². The number of hydrogen-bond acceptors (Lipinski definition) is 1. The van der Waals surface area contributed by atoms with Gasteiger partial charge in [-0.05, 0) is 31.2 Å². The largest absolute Gasteiger partial charge is 0.402 e. The number of nitrogens with one attached hydrogen (secondary N) is 1. The van der Waals surface area contributed by atoms with Crippen LogP contribution in [0.1, 0.15) is 5.56 Å². The van der Waals surface area contributed by atoms with E-state index in [1.54, 1.807) is 0 Å². The fraction of sp³-hybridized carbons (Fsp3) is 0.500. The van der Waals surface area contributed by atoms with E-state index in [-0.39, 0.29) is 5.56 Å². The van der Waals surface area contributed by atoms with E-state index in [1.807, 2.05) is 5.32 Å².